The molecule has 0 bridgehead atoms. The first-order valence-electron chi connectivity index (χ1n) is 27.8. The Hall–Kier alpha value is -2.97. The molecule has 2 atom stereocenters. The van der Waals surface area contributed by atoms with Crippen LogP contribution in [0.2, 0.25) is 0 Å². The lowest BCUT2D eigenvalue weighted by atomic mass is 10.0. The third-order valence-electron chi connectivity index (χ3n) is 12.4. The number of likely N-dealkylation sites (N-methyl/N-ethyl adjacent to an activating group) is 1. The average Bonchev–Trinajstić information content (AvgIpc) is 3.29. The monoisotopic (exact) mass is 941 g/mol. The fourth-order valence-corrected chi connectivity index (χ4v) is 8.18. The van der Waals surface area contributed by atoms with Crippen LogP contribution in [0.25, 0.3) is 0 Å². The van der Waals surface area contributed by atoms with Crippen molar-refractivity contribution >= 4 is 17.9 Å². The van der Waals surface area contributed by atoms with E-state index in [1.54, 1.807) is 0 Å². The predicted octanol–water partition coefficient (Wildman–Crippen LogP) is 16.5. The molecule has 0 spiro atoms. The Morgan fingerprint density at radius 2 is 0.836 bits per heavy atom. The van der Waals surface area contributed by atoms with Gasteiger partial charge in [-0.15, -0.1) is 0 Å². The molecule has 0 aromatic carbocycles. The molecule has 8 nitrogen and oxygen atoms in total. The van der Waals surface area contributed by atoms with Gasteiger partial charge >= 0.3 is 17.9 Å². The average molecular weight is 941 g/mol. The number of carbonyl (C=O) groups is 3. The van der Waals surface area contributed by atoms with Crippen molar-refractivity contribution in [3.8, 4) is 0 Å². The lowest BCUT2D eigenvalue weighted by Crippen LogP contribution is -2.50. The molecule has 1 N–H and O–H groups in total. The Labute approximate surface area is 413 Å². The first-order valence-corrected chi connectivity index (χ1v) is 27.8. The Morgan fingerprint density at radius 1 is 0.463 bits per heavy atom. The SMILES string of the molecule is CC/C=C/C/C=C/C/C=C/C/C=C/C/C=C/CCCCCCCCCC(=O)OCC(COCCC(C(=O)O)[N+](C)(C)C)OC(=O)CCCCCCCCCCCCCCCCCCCCCC. The van der Waals surface area contributed by atoms with Crippen LogP contribution in [-0.2, 0) is 28.6 Å². The minimum atomic E-state index is -0.875. The largest absolute Gasteiger partial charge is 0.477 e. The zero-order valence-electron chi connectivity index (χ0n) is 44.3. The van der Waals surface area contributed by atoms with Crippen molar-refractivity contribution in [2.75, 3.05) is 41.0 Å². The maximum absolute atomic E-state index is 12.8. The zero-order valence-corrected chi connectivity index (χ0v) is 44.3. The number of allylic oxidation sites excluding steroid dienone is 10. The quantitative estimate of drug-likeness (QED) is 0.0281. The summed E-state index contributed by atoms with van der Waals surface area (Å²) in [6.07, 6.45) is 62.7. The highest BCUT2D eigenvalue weighted by Crippen LogP contribution is 2.17. The highest BCUT2D eigenvalue weighted by molar-refractivity contribution is 5.72. The van der Waals surface area contributed by atoms with Crippen LogP contribution in [-0.4, -0.2) is 80.6 Å². The fraction of sp³-hybridized carbons (Fsp3) is 0.780. The number of hydrogen-bond donors (Lipinski definition) is 1. The Morgan fingerprint density at radius 3 is 1.24 bits per heavy atom. The summed E-state index contributed by atoms with van der Waals surface area (Å²) in [6, 6.07) is -0.618. The molecule has 388 valence electrons. The van der Waals surface area contributed by atoms with Gasteiger partial charge in [-0.2, -0.15) is 0 Å². The standard InChI is InChI=1S/C59H105NO7/c1-6-8-10-12-14-16-18-20-22-24-26-28-29-30-32-33-35-37-39-41-43-45-47-49-57(61)66-54-55(53-65-52-51-56(59(63)64)60(3,4)5)67-58(62)50-48-46-44-42-40-38-36-34-31-27-25-23-21-19-17-15-13-11-9-7-2/h8,10,14,16,20,22,26,28,30,32,55-56H,6-7,9,11-13,15,17-19,21,23-25,27,29,31,33-54H2,1-5H3/p+1/b10-8+,16-14+,22-20+,28-26+,32-30+. The predicted molar refractivity (Wildman–Crippen MR) is 284 cm³/mol. The lowest BCUT2D eigenvalue weighted by molar-refractivity contribution is -0.887. The van der Waals surface area contributed by atoms with Crippen molar-refractivity contribution in [3.63, 3.8) is 0 Å². The summed E-state index contributed by atoms with van der Waals surface area (Å²) in [5.74, 6) is -1.47. The van der Waals surface area contributed by atoms with Crippen molar-refractivity contribution in [2.45, 2.75) is 257 Å². The molecule has 0 saturated carbocycles. The molecule has 0 rings (SSSR count). The highest BCUT2D eigenvalue weighted by atomic mass is 16.6. The van der Waals surface area contributed by atoms with Crippen LogP contribution in [0.4, 0.5) is 0 Å². The smallest absolute Gasteiger partial charge is 0.362 e. The van der Waals surface area contributed by atoms with E-state index in [1.807, 2.05) is 21.1 Å². The highest BCUT2D eigenvalue weighted by Gasteiger charge is 2.31. The van der Waals surface area contributed by atoms with Gasteiger partial charge in [0.05, 0.1) is 34.4 Å². The minimum Gasteiger partial charge on any atom is -0.477 e. The summed E-state index contributed by atoms with van der Waals surface area (Å²) in [7, 11) is 5.54. The van der Waals surface area contributed by atoms with E-state index in [0.717, 1.165) is 77.0 Å². The van der Waals surface area contributed by atoms with E-state index in [0.29, 0.717) is 19.3 Å². The van der Waals surface area contributed by atoms with Gasteiger partial charge in [0, 0.05) is 19.3 Å². The van der Waals surface area contributed by atoms with Gasteiger partial charge in [-0.1, -0.05) is 229 Å². The van der Waals surface area contributed by atoms with Gasteiger partial charge in [0.15, 0.2) is 12.1 Å². The number of aliphatic carboxylic acids is 1. The first-order chi connectivity index (χ1) is 32.6. The van der Waals surface area contributed by atoms with Crippen LogP contribution in [0.1, 0.15) is 245 Å². The van der Waals surface area contributed by atoms with E-state index in [1.165, 1.54) is 135 Å². The van der Waals surface area contributed by atoms with Crippen molar-refractivity contribution in [2.24, 2.45) is 0 Å². The van der Waals surface area contributed by atoms with E-state index in [2.05, 4.69) is 74.6 Å². The van der Waals surface area contributed by atoms with Crippen molar-refractivity contribution in [3.05, 3.63) is 60.8 Å². The second-order valence-corrected chi connectivity index (χ2v) is 19.8. The van der Waals surface area contributed by atoms with Gasteiger partial charge in [-0.05, 0) is 57.8 Å². The second-order valence-electron chi connectivity index (χ2n) is 19.8. The van der Waals surface area contributed by atoms with Crippen LogP contribution in [0.3, 0.4) is 0 Å². The third-order valence-corrected chi connectivity index (χ3v) is 12.4. The number of carboxylic acid groups (broad SMARTS) is 1. The van der Waals surface area contributed by atoms with Crippen molar-refractivity contribution < 1.29 is 38.2 Å². The van der Waals surface area contributed by atoms with Gasteiger partial charge in [-0.3, -0.25) is 9.59 Å². The summed E-state index contributed by atoms with van der Waals surface area (Å²) in [5, 5.41) is 9.67. The summed E-state index contributed by atoms with van der Waals surface area (Å²) in [5.41, 5.74) is 0. The molecule has 0 aliphatic heterocycles. The molecule has 67 heavy (non-hydrogen) atoms. The summed E-state index contributed by atoms with van der Waals surface area (Å²) in [4.78, 5) is 37.3. The number of quaternary nitrogens is 1. The number of esters is 2. The molecule has 0 saturated heterocycles. The van der Waals surface area contributed by atoms with E-state index in [9.17, 15) is 19.5 Å². The molecule has 0 aromatic heterocycles. The van der Waals surface area contributed by atoms with E-state index in [4.69, 9.17) is 14.2 Å². The molecule has 0 aromatic rings. The number of nitrogens with zero attached hydrogens (tertiary/aromatic N) is 1. The Balaban J connectivity index is 4.21. The number of carboxylic acids is 1. The van der Waals surface area contributed by atoms with Crippen LogP contribution < -0.4 is 0 Å². The molecule has 0 amide bonds. The molecule has 0 aliphatic rings. The van der Waals surface area contributed by atoms with Crippen molar-refractivity contribution in [1.82, 2.24) is 0 Å². The zero-order chi connectivity index (χ0) is 49.2. The Bertz CT molecular complexity index is 1280. The van der Waals surface area contributed by atoms with Gasteiger partial charge < -0.3 is 23.8 Å². The molecular formula is C59H106NO7+. The van der Waals surface area contributed by atoms with Crippen molar-refractivity contribution in [1.29, 1.82) is 0 Å². The third kappa shape index (κ3) is 47.9. The second kappa shape index (κ2) is 49.5. The van der Waals surface area contributed by atoms with Gasteiger partial charge in [-0.25, -0.2) is 4.79 Å². The fourth-order valence-electron chi connectivity index (χ4n) is 8.18. The first kappa shape index (κ1) is 64.0. The lowest BCUT2D eigenvalue weighted by Gasteiger charge is -2.31. The van der Waals surface area contributed by atoms with Crippen LogP contribution >= 0.6 is 0 Å². The van der Waals surface area contributed by atoms with Gasteiger partial charge in [0.1, 0.15) is 6.61 Å². The summed E-state index contributed by atoms with van der Waals surface area (Å²) in [6.45, 7) is 4.65. The number of hydrogen-bond acceptors (Lipinski definition) is 6. The Kier molecular flexibility index (Phi) is 47.3. The molecule has 0 heterocycles. The maximum atomic E-state index is 12.8. The number of rotatable bonds is 50. The number of carbonyl (C=O) groups excluding carboxylic acids is 2. The van der Waals surface area contributed by atoms with Crippen LogP contribution in [0, 0.1) is 0 Å². The molecule has 2 unspecified atom stereocenters. The number of ether oxygens (including phenoxy) is 3. The maximum Gasteiger partial charge on any atom is 0.362 e. The summed E-state index contributed by atoms with van der Waals surface area (Å²) < 4.78 is 17.4. The van der Waals surface area contributed by atoms with E-state index >= 15 is 0 Å². The van der Waals surface area contributed by atoms with E-state index in [-0.39, 0.29) is 36.2 Å². The minimum absolute atomic E-state index is 0.0561. The topological polar surface area (TPSA) is 99.1 Å². The van der Waals surface area contributed by atoms with Gasteiger partial charge in [0.25, 0.3) is 0 Å². The molecule has 0 fully saturated rings. The molecular weight excluding hydrogens is 835 g/mol. The molecule has 0 radical (unpaired) electrons. The van der Waals surface area contributed by atoms with Gasteiger partial charge in [0.2, 0.25) is 0 Å². The van der Waals surface area contributed by atoms with Crippen LogP contribution in [0.15, 0.2) is 60.8 Å². The summed E-state index contributed by atoms with van der Waals surface area (Å²) >= 11 is 0. The van der Waals surface area contributed by atoms with E-state index < -0.39 is 18.1 Å². The molecule has 0 aliphatic carbocycles. The van der Waals surface area contributed by atoms with Crippen LogP contribution in [0.5, 0.6) is 0 Å². The normalized spacial score (nSPS) is 13.3. The number of unbranched alkanes of at least 4 members (excludes halogenated alkanes) is 26. The molecule has 8 heteroatoms.